The van der Waals surface area contributed by atoms with Crippen molar-refractivity contribution in [3.63, 3.8) is 0 Å². The van der Waals surface area contributed by atoms with Crippen molar-refractivity contribution in [1.82, 2.24) is 0 Å². The Morgan fingerprint density at radius 1 is 1.03 bits per heavy atom. The molecule has 0 aromatic heterocycles. The molecule has 3 saturated carbocycles. The molecule has 0 heterocycles. The summed E-state index contributed by atoms with van der Waals surface area (Å²) in [7, 11) is 0. The van der Waals surface area contributed by atoms with Gasteiger partial charge in [-0.2, -0.15) is 0 Å². The summed E-state index contributed by atoms with van der Waals surface area (Å²) in [6.45, 7) is 14.5. The van der Waals surface area contributed by atoms with Crippen molar-refractivity contribution < 1.29 is 5.11 Å². The van der Waals surface area contributed by atoms with Gasteiger partial charge in [0.1, 0.15) is 0 Å². The minimum Gasteiger partial charge on any atom is -0.393 e. The van der Waals surface area contributed by atoms with Gasteiger partial charge in [-0.3, -0.25) is 0 Å². The Morgan fingerprint density at radius 3 is 2.52 bits per heavy atom. The predicted octanol–water partition coefficient (Wildman–Crippen LogP) is 7.62. The molecule has 4 aliphatic carbocycles. The Morgan fingerprint density at radius 2 is 1.79 bits per heavy atom. The largest absolute Gasteiger partial charge is 0.393 e. The first-order valence-electron chi connectivity index (χ1n) is 12.4. The lowest BCUT2D eigenvalue weighted by molar-refractivity contribution is 0.0327. The summed E-state index contributed by atoms with van der Waals surface area (Å²) < 4.78 is 0. The highest BCUT2D eigenvalue weighted by Gasteiger charge is 2.56. The molecule has 0 spiro atoms. The molecule has 3 fully saturated rings. The maximum absolute atomic E-state index is 10.2. The molecule has 0 bridgehead atoms. The summed E-state index contributed by atoms with van der Waals surface area (Å²) >= 11 is 0. The molecule has 1 N–H and O–H groups in total. The van der Waals surface area contributed by atoms with E-state index in [1.807, 2.05) is 0 Å². The van der Waals surface area contributed by atoms with Crippen molar-refractivity contribution in [3.05, 3.63) is 34.4 Å². The lowest BCUT2D eigenvalue weighted by Crippen LogP contribution is -2.46. The minimum absolute atomic E-state index is 0.112. The molecule has 0 amide bonds. The summed E-state index contributed by atoms with van der Waals surface area (Å²) in [6, 6.07) is 0. The molecule has 1 nitrogen and oxygen atoms in total. The van der Waals surface area contributed by atoms with E-state index in [2.05, 4.69) is 53.7 Å². The van der Waals surface area contributed by atoms with Gasteiger partial charge in [0, 0.05) is 0 Å². The zero-order valence-corrected chi connectivity index (χ0v) is 19.9. The Kier molecular flexibility index (Phi) is 5.69. The van der Waals surface area contributed by atoms with Crippen molar-refractivity contribution in [2.75, 3.05) is 0 Å². The number of aliphatic hydroxyl groups excluding tert-OH is 1. The first-order chi connectivity index (χ1) is 13.7. The summed E-state index contributed by atoms with van der Waals surface area (Å²) in [5.41, 5.74) is 7.24. The Hall–Kier alpha value is -0.820. The molecular formula is C28H44O. The fourth-order valence-corrected chi connectivity index (χ4v) is 7.85. The van der Waals surface area contributed by atoms with Crippen LogP contribution in [-0.2, 0) is 0 Å². The quantitative estimate of drug-likeness (QED) is 0.484. The van der Waals surface area contributed by atoms with Gasteiger partial charge in [-0.15, -0.1) is 0 Å². The molecule has 0 aromatic rings. The van der Waals surface area contributed by atoms with Crippen LogP contribution in [0.2, 0.25) is 0 Å². The van der Waals surface area contributed by atoms with Crippen LogP contribution in [0.1, 0.15) is 99.3 Å². The van der Waals surface area contributed by atoms with E-state index in [0.29, 0.717) is 10.8 Å². The molecule has 6 unspecified atom stereocenters. The highest BCUT2D eigenvalue weighted by molar-refractivity contribution is 5.38. The van der Waals surface area contributed by atoms with Crippen LogP contribution >= 0.6 is 0 Å². The van der Waals surface area contributed by atoms with E-state index in [9.17, 15) is 5.11 Å². The molecular weight excluding hydrogens is 352 g/mol. The third-order valence-electron chi connectivity index (χ3n) is 10.1. The number of allylic oxidation sites excluding steroid dienone is 5. The van der Waals surface area contributed by atoms with Gasteiger partial charge in [-0.1, -0.05) is 55.2 Å². The molecule has 29 heavy (non-hydrogen) atoms. The zero-order valence-electron chi connectivity index (χ0n) is 19.9. The first-order valence-corrected chi connectivity index (χ1v) is 12.4. The molecule has 162 valence electrons. The van der Waals surface area contributed by atoms with E-state index in [4.69, 9.17) is 0 Å². The Bertz CT molecular complexity index is 735. The van der Waals surface area contributed by atoms with E-state index in [0.717, 1.165) is 36.5 Å². The van der Waals surface area contributed by atoms with Gasteiger partial charge in [-0.25, -0.2) is 0 Å². The van der Waals surface area contributed by atoms with Crippen molar-refractivity contribution in [2.45, 2.75) is 105 Å². The number of fused-ring (bicyclic) bond motifs is 5. The molecule has 0 saturated heterocycles. The van der Waals surface area contributed by atoms with E-state index >= 15 is 0 Å². The van der Waals surface area contributed by atoms with Gasteiger partial charge in [0.15, 0.2) is 0 Å². The Labute approximate surface area is 179 Å². The van der Waals surface area contributed by atoms with Gasteiger partial charge >= 0.3 is 0 Å². The zero-order chi connectivity index (χ0) is 21.0. The number of hydrogen-bond acceptors (Lipinski definition) is 1. The van der Waals surface area contributed by atoms with Crippen LogP contribution in [0.15, 0.2) is 34.4 Å². The molecule has 4 rings (SSSR count). The van der Waals surface area contributed by atoms with Crippen molar-refractivity contribution in [2.24, 2.45) is 34.5 Å². The minimum atomic E-state index is -0.112. The van der Waals surface area contributed by atoms with Crippen LogP contribution < -0.4 is 0 Å². The number of aliphatic hydroxyl groups is 1. The second-order valence-corrected chi connectivity index (χ2v) is 11.8. The van der Waals surface area contributed by atoms with E-state index < -0.39 is 0 Å². The summed E-state index contributed by atoms with van der Waals surface area (Å²) in [5.74, 6) is 3.23. The third kappa shape index (κ3) is 3.50. The van der Waals surface area contributed by atoms with Gasteiger partial charge < -0.3 is 5.11 Å². The average molecular weight is 397 g/mol. The van der Waals surface area contributed by atoms with Crippen LogP contribution in [0.4, 0.5) is 0 Å². The van der Waals surface area contributed by atoms with Gasteiger partial charge in [0.05, 0.1) is 6.10 Å². The first kappa shape index (κ1) is 21.4. The average Bonchev–Trinajstić information content (AvgIpc) is 3.03. The molecule has 1 heteroatoms. The van der Waals surface area contributed by atoms with E-state index in [1.54, 1.807) is 11.1 Å². The summed E-state index contributed by atoms with van der Waals surface area (Å²) in [4.78, 5) is 0. The van der Waals surface area contributed by atoms with Crippen LogP contribution in [0.3, 0.4) is 0 Å². The highest BCUT2D eigenvalue weighted by Crippen LogP contribution is 2.66. The van der Waals surface area contributed by atoms with Gasteiger partial charge in [0.2, 0.25) is 0 Å². The van der Waals surface area contributed by atoms with Gasteiger partial charge in [0.25, 0.3) is 0 Å². The SMILES string of the molecule is CC(C)=C(C)CCC(C)C1CCC2C3=CC=C4C[C@@H](O)CCC4(C)C3CCC21C. The second-order valence-electron chi connectivity index (χ2n) is 11.8. The van der Waals surface area contributed by atoms with Gasteiger partial charge in [-0.05, 0) is 113 Å². The molecule has 4 aliphatic rings. The normalized spacial score (nSPS) is 42.2. The fraction of sp³-hybridized carbons (Fsp3) is 0.786. The van der Waals surface area contributed by atoms with Crippen molar-refractivity contribution in [1.29, 1.82) is 0 Å². The predicted molar refractivity (Wildman–Crippen MR) is 124 cm³/mol. The monoisotopic (exact) mass is 396 g/mol. The highest BCUT2D eigenvalue weighted by atomic mass is 16.3. The molecule has 7 atom stereocenters. The van der Waals surface area contributed by atoms with Crippen molar-refractivity contribution in [3.8, 4) is 0 Å². The van der Waals surface area contributed by atoms with E-state index in [1.165, 1.54) is 56.1 Å². The summed E-state index contributed by atoms with van der Waals surface area (Å²) in [6.07, 6.45) is 16.1. The smallest absolute Gasteiger partial charge is 0.0578 e. The van der Waals surface area contributed by atoms with Crippen LogP contribution in [0, 0.1) is 34.5 Å². The molecule has 0 radical (unpaired) electrons. The lowest BCUT2D eigenvalue weighted by atomic mass is 9.50. The van der Waals surface area contributed by atoms with Crippen LogP contribution in [-0.4, -0.2) is 11.2 Å². The number of rotatable bonds is 4. The van der Waals surface area contributed by atoms with E-state index in [-0.39, 0.29) is 6.10 Å². The van der Waals surface area contributed by atoms with Crippen LogP contribution in [0.5, 0.6) is 0 Å². The number of hydrogen-bond donors (Lipinski definition) is 1. The topological polar surface area (TPSA) is 20.2 Å². The molecule has 0 aliphatic heterocycles. The second kappa shape index (κ2) is 7.70. The maximum Gasteiger partial charge on any atom is 0.0578 e. The third-order valence-corrected chi connectivity index (χ3v) is 10.1. The standard InChI is InChI=1S/C28H44O/c1-18(2)19(3)7-8-20(4)24-11-12-25-23-10-9-21-17-22(29)13-15-27(21,5)26(23)14-16-28(24,25)6/h9-10,20,22,24-26,29H,7-8,11-17H2,1-6H3/t20?,22-,24?,25?,26?,27?,28?/m0/s1. The summed E-state index contributed by atoms with van der Waals surface area (Å²) in [5, 5.41) is 10.2. The molecule has 0 aromatic carbocycles. The lowest BCUT2D eigenvalue weighted by Gasteiger charge is -2.55. The van der Waals surface area contributed by atoms with Crippen LogP contribution in [0.25, 0.3) is 0 Å². The fourth-order valence-electron chi connectivity index (χ4n) is 7.85. The Balaban J connectivity index is 1.54. The maximum atomic E-state index is 10.2. The van der Waals surface area contributed by atoms with Crippen molar-refractivity contribution >= 4 is 0 Å².